The summed E-state index contributed by atoms with van der Waals surface area (Å²) >= 11 is 0. The molecule has 14 heavy (non-hydrogen) atoms. The largest absolute Gasteiger partial charge is 0.494 e. The maximum absolute atomic E-state index is 10.6. The third kappa shape index (κ3) is 2.37. The number of carbonyl (C=O) groups is 1. The lowest BCUT2D eigenvalue weighted by Gasteiger charge is -2.12. The van der Waals surface area contributed by atoms with Crippen LogP contribution in [0, 0.1) is 0 Å². The van der Waals surface area contributed by atoms with Gasteiger partial charge in [-0.2, -0.15) is 5.06 Å². The van der Waals surface area contributed by atoms with Gasteiger partial charge in [-0.05, 0) is 31.2 Å². The minimum Gasteiger partial charge on any atom is -0.494 e. The molecule has 2 amide bonds. The van der Waals surface area contributed by atoms with Crippen LogP contribution in [0.15, 0.2) is 24.3 Å². The van der Waals surface area contributed by atoms with E-state index in [9.17, 15) is 4.79 Å². The fraction of sp³-hybridized carbons (Fsp3) is 0.222. The number of nitrogens with zero attached hydrogens (tertiary/aromatic N) is 1. The van der Waals surface area contributed by atoms with Crippen molar-refractivity contribution in [1.29, 1.82) is 0 Å². The van der Waals surface area contributed by atoms with Gasteiger partial charge < -0.3 is 10.5 Å². The Labute approximate surface area is 81.6 Å². The third-order valence-corrected chi connectivity index (χ3v) is 1.60. The van der Waals surface area contributed by atoms with Gasteiger partial charge in [0.05, 0.1) is 12.3 Å². The van der Waals surface area contributed by atoms with Crippen molar-refractivity contribution in [2.45, 2.75) is 6.92 Å². The van der Waals surface area contributed by atoms with Gasteiger partial charge in [-0.25, -0.2) is 4.79 Å². The number of ether oxygens (including phenoxy) is 1. The Morgan fingerprint density at radius 2 is 2.07 bits per heavy atom. The van der Waals surface area contributed by atoms with Crippen molar-refractivity contribution in [2.75, 3.05) is 11.7 Å². The van der Waals surface area contributed by atoms with Crippen molar-refractivity contribution in [1.82, 2.24) is 0 Å². The Kier molecular flexibility index (Phi) is 3.30. The summed E-state index contributed by atoms with van der Waals surface area (Å²) in [6, 6.07) is 5.44. The number of primary amides is 1. The summed E-state index contributed by atoms with van der Waals surface area (Å²) in [4.78, 5) is 10.6. The molecule has 0 aliphatic carbocycles. The molecule has 0 unspecified atom stereocenters. The Hall–Kier alpha value is -1.75. The second-order valence-electron chi connectivity index (χ2n) is 2.58. The first-order valence-corrected chi connectivity index (χ1v) is 4.16. The summed E-state index contributed by atoms with van der Waals surface area (Å²) in [7, 11) is 0. The molecule has 0 spiro atoms. The molecule has 1 aromatic carbocycles. The predicted molar refractivity (Wildman–Crippen MR) is 51.5 cm³/mol. The van der Waals surface area contributed by atoms with Crippen molar-refractivity contribution >= 4 is 11.7 Å². The molecular formula is C9H12N2O3. The number of urea groups is 1. The molecule has 0 saturated carbocycles. The molecule has 0 saturated heterocycles. The fourth-order valence-electron chi connectivity index (χ4n) is 0.977. The van der Waals surface area contributed by atoms with Gasteiger partial charge in [0, 0.05) is 0 Å². The number of rotatable bonds is 3. The van der Waals surface area contributed by atoms with Gasteiger partial charge >= 0.3 is 6.03 Å². The maximum Gasteiger partial charge on any atom is 0.343 e. The van der Waals surface area contributed by atoms with E-state index in [-0.39, 0.29) is 0 Å². The van der Waals surface area contributed by atoms with E-state index in [2.05, 4.69) is 0 Å². The van der Waals surface area contributed by atoms with E-state index in [1.807, 2.05) is 6.92 Å². The van der Waals surface area contributed by atoms with E-state index in [0.717, 1.165) is 0 Å². The van der Waals surface area contributed by atoms with Gasteiger partial charge in [0.2, 0.25) is 0 Å². The first kappa shape index (κ1) is 10.3. The highest BCUT2D eigenvalue weighted by molar-refractivity contribution is 5.88. The highest BCUT2D eigenvalue weighted by Crippen LogP contribution is 2.17. The number of hydrogen-bond acceptors (Lipinski definition) is 3. The van der Waals surface area contributed by atoms with Gasteiger partial charge in [-0.15, -0.1) is 0 Å². The van der Waals surface area contributed by atoms with Crippen LogP contribution in [0.3, 0.4) is 0 Å². The number of hydrogen-bond donors (Lipinski definition) is 2. The zero-order chi connectivity index (χ0) is 10.6. The van der Waals surface area contributed by atoms with Gasteiger partial charge in [-0.1, -0.05) is 0 Å². The Morgan fingerprint density at radius 3 is 2.50 bits per heavy atom. The minimum atomic E-state index is -0.922. The second-order valence-corrected chi connectivity index (χ2v) is 2.58. The number of anilines is 1. The molecule has 3 N–H and O–H groups in total. The lowest BCUT2D eigenvalue weighted by Crippen LogP contribution is -2.32. The van der Waals surface area contributed by atoms with Crippen molar-refractivity contribution in [3.63, 3.8) is 0 Å². The van der Waals surface area contributed by atoms with E-state index in [1.54, 1.807) is 12.1 Å². The first-order chi connectivity index (χ1) is 6.65. The van der Waals surface area contributed by atoms with Crippen LogP contribution in [0.4, 0.5) is 10.5 Å². The molecule has 0 radical (unpaired) electrons. The maximum atomic E-state index is 10.6. The van der Waals surface area contributed by atoms with E-state index in [1.165, 1.54) is 12.1 Å². The molecule has 76 valence electrons. The quantitative estimate of drug-likeness (QED) is 0.566. The molecule has 5 heteroatoms. The van der Waals surface area contributed by atoms with Crippen LogP contribution in [-0.2, 0) is 0 Å². The van der Waals surface area contributed by atoms with Crippen molar-refractivity contribution in [3.8, 4) is 5.75 Å². The highest BCUT2D eigenvalue weighted by atomic mass is 16.5. The lowest BCUT2D eigenvalue weighted by molar-refractivity contribution is 0.212. The molecule has 0 aromatic heterocycles. The van der Waals surface area contributed by atoms with Gasteiger partial charge in [0.1, 0.15) is 5.75 Å². The molecule has 0 aliphatic rings. The molecule has 1 aromatic rings. The average molecular weight is 196 g/mol. The zero-order valence-corrected chi connectivity index (χ0v) is 7.80. The van der Waals surface area contributed by atoms with Crippen LogP contribution < -0.4 is 15.5 Å². The monoisotopic (exact) mass is 196 g/mol. The fourth-order valence-corrected chi connectivity index (χ4v) is 0.977. The van der Waals surface area contributed by atoms with Crippen LogP contribution >= 0.6 is 0 Å². The smallest absolute Gasteiger partial charge is 0.343 e. The summed E-state index contributed by atoms with van der Waals surface area (Å²) in [5.41, 5.74) is 5.18. The topological polar surface area (TPSA) is 75.8 Å². The van der Waals surface area contributed by atoms with E-state index < -0.39 is 6.03 Å². The summed E-state index contributed by atoms with van der Waals surface area (Å²) in [5, 5.41) is 9.51. The van der Waals surface area contributed by atoms with Crippen LogP contribution in [0.1, 0.15) is 6.92 Å². The SMILES string of the molecule is CCOc1ccc(N(O)C(N)=O)cc1. The number of amides is 2. The summed E-state index contributed by atoms with van der Waals surface area (Å²) in [6.45, 7) is 2.44. The summed E-state index contributed by atoms with van der Waals surface area (Å²) < 4.78 is 5.18. The van der Waals surface area contributed by atoms with Crippen LogP contribution in [0.2, 0.25) is 0 Å². The summed E-state index contributed by atoms with van der Waals surface area (Å²) in [6.07, 6.45) is 0. The zero-order valence-electron chi connectivity index (χ0n) is 7.80. The van der Waals surface area contributed by atoms with Gasteiger partial charge in [0.25, 0.3) is 0 Å². The number of nitrogens with two attached hydrogens (primary N) is 1. The number of carbonyl (C=O) groups excluding carboxylic acids is 1. The molecule has 5 nitrogen and oxygen atoms in total. The van der Waals surface area contributed by atoms with Crippen molar-refractivity contribution < 1.29 is 14.7 Å². The highest BCUT2D eigenvalue weighted by Gasteiger charge is 2.07. The minimum absolute atomic E-state index is 0.306. The normalized spacial score (nSPS) is 9.57. The summed E-state index contributed by atoms with van der Waals surface area (Å²) in [5.74, 6) is 0.675. The Bertz CT molecular complexity index is 310. The number of benzene rings is 1. The molecule has 0 bridgehead atoms. The van der Waals surface area contributed by atoms with Crippen molar-refractivity contribution in [3.05, 3.63) is 24.3 Å². The van der Waals surface area contributed by atoms with Crippen LogP contribution in [0.25, 0.3) is 0 Å². The molecule has 0 atom stereocenters. The second kappa shape index (κ2) is 4.48. The Balaban J connectivity index is 2.77. The predicted octanol–water partition coefficient (Wildman–Crippen LogP) is 1.36. The van der Waals surface area contributed by atoms with E-state index >= 15 is 0 Å². The van der Waals surface area contributed by atoms with Crippen LogP contribution in [0.5, 0.6) is 5.75 Å². The van der Waals surface area contributed by atoms with Gasteiger partial charge in [-0.3, -0.25) is 5.21 Å². The van der Waals surface area contributed by atoms with Gasteiger partial charge in [0.15, 0.2) is 0 Å². The lowest BCUT2D eigenvalue weighted by atomic mass is 10.3. The van der Waals surface area contributed by atoms with E-state index in [4.69, 9.17) is 15.7 Å². The Morgan fingerprint density at radius 1 is 1.50 bits per heavy atom. The molecule has 1 rings (SSSR count). The van der Waals surface area contributed by atoms with Crippen molar-refractivity contribution in [2.24, 2.45) is 5.73 Å². The molecule has 0 aliphatic heterocycles. The van der Waals surface area contributed by atoms with E-state index in [0.29, 0.717) is 23.1 Å². The van der Waals surface area contributed by atoms with Crippen LogP contribution in [-0.4, -0.2) is 17.8 Å². The average Bonchev–Trinajstić information content (AvgIpc) is 2.18. The first-order valence-electron chi connectivity index (χ1n) is 4.16. The molecular weight excluding hydrogens is 184 g/mol. The molecule has 0 fully saturated rings. The number of hydroxylamine groups is 1. The standard InChI is InChI=1S/C9H12N2O3/c1-2-14-8-5-3-7(4-6-8)11(13)9(10)12/h3-6,13H,2H2,1H3,(H2,10,12). The third-order valence-electron chi connectivity index (χ3n) is 1.60. The molecule has 0 heterocycles.